The molecular formula is C12H11ClFNO2. The number of nitrogens with one attached hydrogen (secondary N) is 1. The van der Waals surface area contributed by atoms with Crippen LogP contribution in [-0.2, 0) is 9.59 Å². The fourth-order valence-electron chi connectivity index (χ4n) is 2.04. The smallest absolute Gasteiger partial charge is 0.230 e. The summed E-state index contributed by atoms with van der Waals surface area (Å²) < 4.78 is 12.9. The average Bonchev–Trinajstić information content (AvgIpc) is 2.24. The Labute approximate surface area is 103 Å². The summed E-state index contributed by atoms with van der Waals surface area (Å²) in [6, 6.07) is 4.01. The topological polar surface area (TPSA) is 46.2 Å². The highest BCUT2D eigenvalue weighted by atomic mass is 35.5. The summed E-state index contributed by atoms with van der Waals surface area (Å²) in [6.45, 7) is 1.73. The van der Waals surface area contributed by atoms with Crippen molar-refractivity contribution >= 4 is 23.4 Å². The van der Waals surface area contributed by atoms with Gasteiger partial charge in [0.15, 0.2) is 0 Å². The third kappa shape index (κ3) is 2.31. The maximum atomic E-state index is 12.9. The van der Waals surface area contributed by atoms with Crippen molar-refractivity contribution in [1.29, 1.82) is 0 Å². The van der Waals surface area contributed by atoms with Crippen LogP contribution in [0.3, 0.4) is 0 Å². The van der Waals surface area contributed by atoms with Crippen LogP contribution in [-0.4, -0.2) is 11.8 Å². The molecule has 5 heteroatoms. The molecule has 1 heterocycles. The van der Waals surface area contributed by atoms with Gasteiger partial charge in [-0.15, -0.1) is 0 Å². The van der Waals surface area contributed by atoms with E-state index in [4.69, 9.17) is 11.6 Å². The van der Waals surface area contributed by atoms with Crippen LogP contribution in [0.25, 0.3) is 0 Å². The van der Waals surface area contributed by atoms with Gasteiger partial charge < -0.3 is 0 Å². The molecule has 1 aromatic carbocycles. The number of imide groups is 1. The van der Waals surface area contributed by atoms with Crippen molar-refractivity contribution in [2.75, 3.05) is 0 Å². The lowest BCUT2D eigenvalue weighted by Gasteiger charge is -2.28. The van der Waals surface area contributed by atoms with Crippen LogP contribution in [0.4, 0.5) is 4.39 Å². The van der Waals surface area contributed by atoms with Crippen LogP contribution in [0.1, 0.15) is 24.8 Å². The molecule has 1 aliphatic heterocycles. The van der Waals surface area contributed by atoms with Gasteiger partial charge in [0.2, 0.25) is 11.8 Å². The van der Waals surface area contributed by atoms with Crippen molar-refractivity contribution in [1.82, 2.24) is 5.32 Å². The Morgan fingerprint density at radius 1 is 1.41 bits per heavy atom. The number of hydrogen-bond donors (Lipinski definition) is 1. The molecule has 1 saturated heterocycles. The third-order valence-electron chi connectivity index (χ3n) is 3.05. The van der Waals surface area contributed by atoms with Crippen LogP contribution < -0.4 is 5.32 Å². The minimum absolute atomic E-state index is 0.193. The van der Waals surface area contributed by atoms with Crippen molar-refractivity contribution in [2.24, 2.45) is 5.92 Å². The van der Waals surface area contributed by atoms with E-state index in [1.54, 1.807) is 6.92 Å². The van der Waals surface area contributed by atoms with Gasteiger partial charge in [0.25, 0.3) is 0 Å². The maximum absolute atomic E-state index is 12.9. The molecule has 0 radical (unpaired) electrons. The van der Waals surface area contributed by atoms with Gasteiger partial charge >= 0.3 is 0 Å². The molecule has 0 aliphatic carbocycles. The third-order valence-corrected chi connectivity index (χ3v) is 3.37. The van der Waals surface area contributed by atoms with Gasteiger partial charge in [-0.2, -0.15) is 0 Å². The molecule has 2 rings (SSSR count). The minimum Gasteiger partial charge on any atom is -0.296 e. The van der Waals surface area contributed by atoms with E-state index >= 15 is 0 Å². The number of rotatable bonds is 1. The van der Waals surface area contributed by atoms with Gasteiger partial charge in [0.05, 0.1) is 0 Å². The predicted molar refractivity (Wildman–Crippen MR) is 61.1 cm³/mol. The van der Waals surface area contributed by atoms with Crippen molar-refractivity contribution in [2.45, 2.75) is 19.3 Å². The molecule has 2 amide bonds. The quantitative estimate of drug-likeness (QED) is 0.783. The van der Waals surface area contributed by atoms with Crippen molar-refractivity contribution in [3.8, 4) is 0 Å². The van der Waals surface area contributed by atoms with E-state index < -0.39 is 5.82 Å². The van der Waals surface area contributed by atoms with E-state index in [1.165, 1.54) is 18.2 Å². The molecule has 1 fully saturated rings. The van der Waals surface area contributed by atoms with Gasteiger partial charge in [0, 0.05) is 23.3 Å². The Hall–Kier alpha value is -1.42. The number of carbonyl (C=O) groups excluding carboxylic acids is 2. The van der Waals surface area contributed by atoms with Gasteiger partial charge in [-0.3, -0.25) is 14.9 Å². The molecule has 1 N–H and O–H groups in total. The van der Waals surface area contributed by atoms with E-state index in [9.17, 15) is 14.0 Å². The zero-order valence-corrected chi connectivity index (χ0v) is 9.92. The number of hydrogen-bond acceptors (Lipinski definition) is 2. The van der Waals surface area contributed by atoms with Crippen LogP contribution in [0.5, 0.6) is 0 Å². The average molecular weight is 256 g/mol. The van der Waals surface area contributed by atoms with E-state index in [2.05, 4.69) is 5.32 Å². The first-order valence-electron chi connectivity index (χ1n) is 5.27. The number of amides is 2. The molecule has 90 valence electrons. The molecular weight excluding hydrogens is 245 g/mol. The summed E-state index contributed by atoms with van der Waals surface area (Å²) >= 11 is 5.94. The van der Waals surface area contributed by atoms with Crippen molar-refractivity contribution in [3.63, 3.8) is 0 Å². The van der Waals surface area contributed by atoms with Crippen LogP contribution in [0.15, 0.2) is 18.2 Å². The van der Waals surface area contributed by atoms with Gasteiger partial charge in [-0.25, -0.2) is 4.39 Å². The Bertz CT molecular complexity index is 489. The summed E-state index contributed by atoms with van der Waals surface area (Å²) in [6.07, 6.45) is 0.193. The summed E-state index contributed by atoms with van der Waals surface area (Å²) in [4.78, 5) is 22.8. The highest BCUT2D eigenvalue weighted by Gasteiger charge is 2.34. The Balaban J connectivity index is 2.37. The molecule has 0 aromatic heterocycles. The number of carbonyl (C=O) groups is 2. The molecule has 1 aliphatic rings. The lowest BCUT2D eigenvalue weighted by Crippen LogP contribution is -2.43. The molecule has 2 unspecified atom stereocenters. The summed E-state index contributed by atoms with van der Waals surface area (Å²) in [5, 5.41) is 2.52. The maximum Gasteiger partial charge on any atom is 0.230 e. The Kier molecular flexibility index (Phi) is 3.15. The monoisotopic (exact) mass is 255 g/mol. The number of halogens is 2. The highest BCUT2D eigenvalue weighted by molar-refractivity contribution is 6.31. The van der Waals surface area contributed by atoms with E-state index in [1.807, 2.05) is 0 Å². The number of piperidine rings is 1. The van der Waals surface area contributed by atoms with Gasteiger partial charge in [-0.1, -0.05) is 24.6 Å². The molecule has 0 bridgehead atoms. The Morgan fingerprint density at radius 3 is 2.76 bits per heavy atom. The van der Waals surface area contributed by atoms with Crippen LogP contribution in [0.2, 0.25) is 5.02 Å². The first kappa shape index (κ1) is 12.0. The van der Waals surface area contributed by atoms with Gasteiger partial charge in [-0.05, 0) is 17.7 Å². The summed E-state index contributed by atoms with van der Waals surface area (Å²) in [5.41, 5.74) is 0.642. The molecule has 0 saturated carbocycles. The van der Waals surface area contributed by atoms with E-state index in [0.717, 1.165) is 0 Å². The second kappa shape index (κ2) is 4.45. The van der Waals surface area contributed by atoms with Crippen LogP contribution in [0, 0.1) is 11.7 Å². The summed E-state index contributed by atoms with van der Waals surface area (Å²) in [5.74, 6) is -1.71. The van der Waals surface area contributed by atoms with Crippen LogP contribution >= 0.6 is 11.6 Å². The molecule has 2 atom stereocenters. The lowest BCUT2D eigenvalue weighted by atomic mass is 9.81. The zero-order chi connectivity index (χ0) is 12.6. The standard InChI is InChI=1S/C12H11ClFNO2/c1-6-9(5-11(16)15-12(6)17)8-3-2-7(14)4-10(8)13/h2-4,6,9H,5H2,1H3,(H,15,16,17). The normalized spacial score (nSPS) is 24.6. The lowest BCUT2D eigenvalue weighted by molar-refractivity contribution is -0.136. The first-order valence-corrected chi connectivity index (χ1v) is 5.65. The second-order valence-electron chi connectivity index (χ2n) is 4.18. The predicted octanol–water partition coefficient (Wildman–Crippen LogP) is 2.25. The van der Waals surface area contributed by atoms with Crippen molar-refractivity contribution < 1.29 is 14.0 Å². The number of benzene rings is 1. The van der Waals surface area contributed by atoms with Crippen molar-refractivity contribution in [3.05, 3.63) is 34.6 Å². The van der Waals surface area contributed by atoms with Gasteiger partial charge in [0.1, 0.15) is 5.82 Å². The fraction of sp³-hybridized carbons (Fsp3) is 0.333. The van der Waals surface area contributed by atoms with E-state index in [-0.39, 0.29) is 35.1 Å². The molecule has 3 nitrogen and oxygen atoms in total. The Morgan fingerprint density at radius 2 is 2.12 bits per heavy atom. The molecule has 17 heavy (non-hydrogen) atoms. The molecule has 0 spiro atoms. The minimum atomic E-state index is -0.432. The summed E-state index contributed by atoms with van der Waals surface area (Å²) in [7, 11) is 0. The SMILES string of the molecule is CC1C(=O)NC(=O)CC1c1ccc(F)cc1Cl. The largest absolute Gasteiger partial charge is 0.296 e. The fourth-order valence-corrected chi connectivity index (χ4v) is 2.35. The van der Waals surface area contributed by atoms with E-state index in [0.29, 0.717) is 5.56 Å². The second-order valence-corrected chi connectivity index (χ2v) is 4.58. The molecule has 1 aromatic rings. The first-order chi connectivity index (χ1) is 7.99. The zero-order valence-electron chi connectivity index (χ0n) is 9.17. The highest BCUT2D eigenvalue weighted by Crippen LogP contribution is 2.35.